The standard InChI is InChI=1S/C4H10BrP/c1-2-3-4(5)6/h4H,2-3,6H2,1H3. The highest BCUT2D eigenvalue weighted by atomic mass is 79.9. The van der Waals surface area contributed by atoms with Gasteiger partial charge < -0.3 is 0 Å². The molecule has 0 rings (SSSR count). The van der Waals surface area contributed by atoms with Gasteiger partial charge in [0, 0.05) is 4.57 Å². The van der Waals surface area contributed by atoms with Gasteiger partial charge in [0.05, 0.1) is 0 Å². The molecular weight excluding hydrogens is 159 g/mol. The second-order valence-electron chi connectivity index (χ2n) is 1.30. The van der Waals surface area contributed by atoms with Crippen LogP contribution in [0.25, 0.3) is 0 Å². The molecule has 0 fully saturated rings. The fraction of sp³-hybridized carbons (Fsp3) is 1.00. The van der Waals surface area contributed by atoms with Crippen LogP contribution in [-0.4, -0.2) is 4.57 Å². The second kappa shape index (κ2) is 4.08. The lowest BCUT2D eigenvalue weighted by Crippen LogP contribution is -1.78. The van der Waals surface area contributed by atoms with Crippen molar-refractivity contribution in [3.8, 4) is 0 Å². The minimum absolute atomic E-state index is 0.627. The largest absolute Gasteiger partial charge is 0.123 e. The quantitative estimate of drug-likeness (QED) is 0.439. The molecule has 0 aromatic heterocycles. The highest BCUT2D eigenvalue weighted by molar-refractivity contribution is 9.10. The Morgan fingerprint density at radius 2 is 2.33 bits per heavy atom. The normalized spacial score (nSPS) is 14.5. The van der Waals surface area contributed by atoms with E-state index in [9.17, 15) is 0 Å². The summed E-state index contributed by atoms with van der Waals surface area (Å²) in [5.41, 5.74) is 0. The number of hydrogen-bond donors (Lipinski definition) is 0. The molecule has 2 heteroatoms. The average Bonchev–Trinajstić information content (AvgIpc) is 1.35. The van der Waals surface area contributed by atoms with E-state index in [0.717, 1.165) is 0 Å². The first-order valence-electron chi connectivity index (χ1n) is 2.17. The molecule has 0 spiro atoms. The Balaban J connectivity index is 2.63. The fourth-order valence-electron chi connectivity index (χ4n) is 0.276. The van der Waals surface area contributed by atoms with Crippen molar-refractivity contribution in [2.24, 2.45) is 0 Å². The first-order chi connectivity index (χ1) is 2.77. The van der Waals surface area contributed by atoms with Crippen molar-refractivity contribution < 1.29 is 0 Å². The Labute approximate surface area is 50.0 Å². The smallest absolute Gasteiger partial charge is 0.0288 e. The van der Waals surface area contributed by atoms with Crippen LogP contribution < -0.4 is 0 Å². The Morgan fingerprint density at radius 1 is 1.83 bits per heavy atom. The third-order valence-corrected chi connectivity index (χ3v) is 1.36. The summed E-state index contributed by atoms with van der Waals surface area (Å²) >= 11 is 3.40. The molecule has 0 bridgehead atoms. The molecule has 2 unspecified atom stereocenters. The van der Waals surface area contributed by atoms with Crippen LogP contribution in [0.15, 0.2) is 0 Å². The van der Waals surface area contributed by atoms with Gasteiger partial charge in [0.2, 0.25) is 0 Å². The average molecular weight is 169 g/mol. The SMILES string of the molecule is CCCC(P)Br. The summed E-state index contributed by atoms with van der Waals surface area (Å²) in [6.45, 7) is 2.18. The maximum absolute atomic E-state index is 3.40. The van der Waals surface area contributed by atoms with E-state index in [4.69, 9.17) is 0 Å². The van der Waals surface area contributed by atoms with Crippen molar-refractivity contribution in [1.29, 1.82) is 0 Å². The lowest BCUT2D eigenvalue weighted by atomic mass is 10.4. The van der Waals surface area contributed by atoms with E-state index >= 15 is 0 Å². The van der Waals surface area contributed by atoms with Crippen LogP contribution in [0.5, 0.6) is 0 Å². The van der Waals surface area contributed by atoms with E-state index in [1.165, 1.54) is 12.8 Å². The highest BCUT2D eigenvalue weighted by Gasteiger charge is 1.88. The number of rotatable bonds is 2. The summed E-state index contributed by atoms with van der Waals surface area (Å²) in [6, 6.07) is 0. The van der Waals surface area contributed by atoms with Gasteiger partial charge >= 0.3 is 0 Å². The van der Waals surface area contributed by atoms with Gasteiger partial charge in [-0.3, -0.25) is 0 Å². The molecule has 0 saturated heterocycles. The minimum atomic E-state index is 0.627. The molecule has 0 saturated carbocycles. The first-order valence-corrected chi connectivity index (χ1v) is 3.75. The van der Waals surface area contributed by atoms with Crippen LogP contribution in [0.3, 0.4) is 0 Å². The molecule has 6 heavy (non-hydrogen) atoms. The lowest BCUT2D eigenvalue weighted by molar-refractivity contribution is 0.877. The fourth-order valence-corrected chi connectivity index (χ4v) is 1.07. The summed E-state index contributed by atoms with van der Waals surface area (Å²) < 4.78 is 0.627. The minimum Gasteiger partial charge on any atom is -0.123 e. The highest BCUT2D eigenvalue weighted by Crippen LogP contribution is 2.13. The molecule has 0 aromatic rings. The number of halogens is 1. The zero-order chi connectivity index (χ0) is 4.99. The molecule has 0 N–H and O–H groups in total. The first kappa shape index (κ1) is 6.91. The van der Waals surface area contributed by atoms with Crippen molar-refractivity contribution in [1.82, 2.24) is 0 Å². The predicted molar refractivity (Wildman–Crippen MR) is 37.3 cm³/mol. The lowest BCUT2D eigenvalue weighted by Gasteiger charge is -1.93. The molecule has 0 amide bonds. The Hall–Kier alpha value is 0.910. The van der Waals surface area contributed by atoms with Gasteiger partial charge in [-0.05, 0) is 6.42 Å². The predicted octanol–water partition coefficient (Wildman–Crippen LogP) is 2.38. The molecule has 0 nitrogen and oxygen atoms in total. The molecule has 0 aromatic carbocycles. The molecule has 0 aliphatic carbocycles. The molecule has 0 heterocycles. The Morgan fingerprint density at radius 3 is 2.33 bits per heavy atom. The maximum Gasteiger partial charge on any atom is 0.0288 e. The van der Waals surface area contributed by atoms with Gasteiger partial charge in [-0.1, -0.05) is 29.3 Å². The van der Waals surface area contributed by atoms with Crippen LogP contribution >= 0.6 is 25.2 Å². The van der Waals surface area contributed by atoms with Crippen LogP contribution in [0, 0.1) is 0 Å². The van der Waals surface area contributed by atoms with Gasteiger partial charge in [-0.15, -0.1) is 9.24 Å². The Bertz CT molecular complexity index is 28.7. The van der Waals surface area contributed by atoms with E-state index < -0.39 is 0 Å². The van der Waals surface area contributed by atoms with Crippen molar-refractivity contribution in [2.45, 2.75) is 24.3 Å². The molecule has 0 aliphatic rings. The number of hydrogen-bond acceptors (Lipinski definition) is 0. The van der Waals surface area contributed by atoms with Gasteiger partial charge in [-0.25, -0.2) is 0 Å². The zero-order valence-electron chi connectivity index (χ0n) is 3.95. The zero-order valence-corrected chi connectivity index (χ0v) is 6.69. The van der Waals surface area contributed by atoms with Crippen molar-refractivity contribution in [3.05, 3.63) is 0 Å². The van der Waals surface area contributed by atoms with E-state index in [-0.39, 0.29) is 0 Å². The summed E-state index contributed by atoms with van der Waals surface area (Å²) in [5.74, 6) is 0. The summed E-state index contributed by atoms with van der Waals surface area (Å²) in [6.07, 6.45) is 2.52. The van der Waals surface area contributed by atoms with Gasteiger partial charge in [-0.2, -0.15) is 0 Å². The van der Waals surface area contributed by atoms with Crippen LogP contribution in [0.2, 0.25) is 0 Å². The summed E-state index contributed by atoms with van der Waals surface area (Å²) in [4.78, 5) is 0. The van der Waals surface area contributed by atoms with Crippen molar-refractivity contribution >= 4 is 25.2 Å². The van der Waals surface area contributed by atoms with Gasteiger partial charge in [0.1, 0.15) is 0 Å². The molecule has 38 valence electrons. The molecule has 0 aliphatic heterocycles. The van der Waals surface area contributed by atoms with Gasteiger partial charge in [0.25, 0.3) is 0 Å². The van der Waals surface area contributed by atoms with Crippen LogP contribution in [0.1, 0.15) is 19.8 Å². The number of alkyl halides is 1. The topological polar surface area (TPSA) is 0 Å². The van der Waals surface area contributed by atoms with Crippen molar-refractivity contribution in [3.63, 3.8) is 0 Å². The summed E-state index contributed by atoms with van der Waals surface area (Å²) in [7, 11) is 2.70. The van der Waals surface area contributed by atoms with E-state index in [0.29, 0.717) is 4.57 Å². The van der Waals surface area contributed by atoms with Crippen molar-refractivity contribution in [2.75, 3.05) is 0 Å². The molecular formula is C4H10BrP. The van der Waals surface area contributed by atoms with Crippen LogP contribution in [-0.2, 0) is 0 Å². The maximum atomic E-state index is 3.40. The van der Waals surface area contributed by atoms with Crippen LogP contribution in [0.4, 0.5) is 0 Å². The molecule has 2 atom stereocenters. The second-order valence-corrected chi connectivity index (χ2v) is 4.26. The van der Waals surface area contributed by atoms with E-state index in [2.05, 4.69) is 32.1 Å². The summed E-state index contributed by atoms with van der Waals surface area (Å²) in [5, 5.41) is 0. The monoisotopic (exact) mass is 168 g/mol. The van der Waals surface area contributed by atoms with E-state index in [1.54, 1.807) is 0 Å². The van der Waals surface area contributed by atoms with Gasteiger partial charge in [0.15, 0.2) is 0 Å². The molecule has 0 radical (unpaired) electrons. The Kier molecular flexibility index (Phi) is 4.70. The van der Waals surface area contributed by atoms with E-state index in [1.807, 2.05) is 0 Å². The third kappa shape index (κ3) is 4.91. The third-order valence-electron chi connectivity index (χ3n) is 0.564.